The molecule has 0 saturated heterocycles. The molecular formula is C27H27N3OS. The first-order valence-corrected chi connectivity index (χ1v) is 12.2. The summed E-state index contributed by atoms with van der Waals surface area (Å²) in [6.45, 7) is 5.55. The number of aromatic amines is 1. The summed E-state index contributed by atoms with van der Waals surface area (Å²) < 4.78 is 0. The van der Waals surface area contributed by atoms with Gasteiger partial charge >= 0.3 is 0 Å². The minimum atomic E-state index is 0.116. The molecule has 1 N–H and O–H groups in total. The fraction of sp³-hybridized carbons (Fsp3) is 0.259. The Morgan fingerprint density at radius 2 is 1.81 bits per heavy atom. The molecule has 0 fully saturated rings. The van der Waals surface area contributed by atoms with Gasteiger partial charge < -0.3 is 9.88 Å². The number of aryl methyl sites for hydroxylation is 2. The molecule has 0 saturated carbocycles. The molecule has 162 valence electrons. The SMILES string of the molecule is CCSc1ccc(C(=O)N2CCCc3ccc(-c4ccc5nc(C)[nH]c5c4)cc3C2)cc1. The number of carbonyl (C=O) groups is 1. The minimum Gasteiger partial charge on any atom is -0.342 e. The molecule has 3 aromatic carbocycles. The molecule has 0 atom stereocenters. The molecule has 5 heteroatoms. The summed E-state index contributed by atoms with van der Waals surface area (Å²) >= 11 is 1.80. The van der Waals surface area contributed by atoms with Crippen molar-refractivity contribution < 1.29 is 4.79 Å². The van der Waals surface area contributed by atoms with Crippen molar-refractivity contribution in [3.63, 3.8) is 0 Å². The topological polar surface area (TPSA) is 49.0 Å². The summed E-state index contributed by atoms with van der Waals surface area (Å²) in [6.07, 6.45) is 1.99. The molecule has 0 aliphatic carbocycles. The van der Waals surface area contributed by atoms with E-state index in [9.17, 15) is 4.79 Å². The fourth-order valence-corrected chi connectivity index (χ4v) is 5.14. The Morgan fingerprint density at radius 3 is 2.62 bits per heavy atom. The number of thioether (sulfide) groups is 1. The van der Waals surface area contributed by atoms with Crippen LogP contribution < -0.4 is 0 Å². The largest absolute Gasteiger partial charge is 0.342 e. The third-order valence-corrected chi connectivity index (χ3v) is 6.97. The minimum absolute atomic E-state index is 0.116. The Bertz CT molecular complexity index is 1280. The van der Waals surface area contributed by atoms with E-state index < -0.39 is 0 Å². The molecule has 4 nitrogen and oxygen atoms in total. The number of hydrogen-bond acceptors (Lipinski definition) is 3. The number of carbonyl (C=O) groups excluding carboxylic acids is 1. The number of nitrogens with zero attached hydrogens (tertiary/aromatic N) is 2. The predicted octanol–water partition coefficient (Wildman–Crippen LogP) is 6.24. The van der Waals surface area contributed by atoms with Crippen LogP contribution in [0.3, 0.4) is 0 Å². The maximum atomic E-state index is 13.2. The molecule has 0 bridgehead atoms. The van der Waals surface area contributed by atoms with Crippen LogP contribution in [0.1, 0.15) is 40.7 Å². The van der Waals surface area contributed by atoms with Crippen molar-refractivity contribution in [3.8, 4) is 11.1 Å². The molecule has 2 heterocycles. The second-order valence-electron chi connectivity index (χ2n) is 8.33. The van der Waals surface area contributed by atoms with Gasteiger partial charge in [-0.3, -0.25) is 4.79 Å². The van der Waals surface area contributed by atoms with Gasteiger partial charge in [-0.1, -0.05) is 25.1 Å². The van der Waals surface area contributed by atoms with Crippen LogP contribution in [0, 0.1) is 6.92 Å². The van der Waals surface area contributed by atoms with Crippen LogP contribution in [0.25, 0.3) is 22.2 Å². The number of hydrogen-bond donors (Lipinski definition) is 1. The van der Waals surface area contributed by atoms with Crippen molar-refractivity contribution in [2.75, 3.05) is 12.3 Å². The molecule has 1 aromatic heterocycles. The van der Waals surface area contributed by atoms with Gasteiger partial charge in [-0.2, -0.15) is 0 Å². The fourth-order valence-electron chi connectivity index (χ4n) is 4.47. The lowest BCUT2D eigenvalue weighted by molar-refractivity contribution is 0.0746. The van der Waals surface area contributed by atoms with Gasteiger partial charge in [0.2, 0.25) is 0 Å². The highest BCUT2D eigenvalue weighted by Gasteiger charge is 2.21. The van der Waals surface area contributed by atoms with Gasteiger partial charge in [0.05, 0.1) is 11.0 Å². The molecule has 0 unspecified atom stereocenters. The molecule has 1 aliphatic heterocycles. The molecule has 32 heavy (non-hydrogen) atoms. The Hall–Kier alpha value is -3.05. The lowest BCUT2D eigenvalue weighted by Crippen LogP contribution is -2.30. The van der Waals surface area contributed by atoms with Crippen LogP contribution in [0.5, 0.6) is 0 Å². The third-order valence-electron chi connectivity index (χ3n) is 6.07. The molecule has 5 rings (SSSR count). The second-order valence-corrected chi connectivity index (χ2v) is 9.66. The normalized spacial score (nSPS) is 13.8. The molecule has 4 aromatic rings. The van der Waals surface area contributed by atoms with Crippen molar-refractivity contribution in [2.24, 2.45) is 0 Å². The molecule has 1 aliphatic rings. The van der Waals surface area contributed by atoms with Gasteiger partial charge in [-0.25, -0.2) is 4.98 Å². The summed E-state index contributed by atoms with van der Waals surface area (Å²) in [4.78, 5) is 24.3. The summed E-state index contributed by atoms with van der Waals surface area (Å²) in [5.74, 6) is 2.08. The first-order valence-electron chi connectivity index (χ1n) is 11.2. The zero-order chi connectivity index (χ0) is 22.1. The summed E-state index contributed by atoms with van der Waals surface area (Å²) in [5.41, 5.74) is 7.73. The maximum Gasteiger partial charge on any atom is 0.254 e. The van der Waals surface area contributed by atoms with Crippen molar-refractivity contribution >= 4 is 28.7 Å². The van der Waals surface area contributed by atoms with Crippen molar-refractivity contribution in [1.82, 2.24) is 14.9 Å². The van der Waals surface area contributed by atoms with E-state index in [0.717, 1.165) is 53.1 Å². The molecule has 0 radical (unpaired) electrons. The number of H-pyrrole nitrogens is 1. The van der Waals surface area contributed by atoms with Gasteiger partial charge in [0.1, 0.15) is 5.82 Å². The van der Waals surface area contributed by atoms with Crippen molar-refractivity contribution in [3.05, 3.63) is 83.2 Å². The van der Waals surface area contributed by atoms with Crippen LogP contribution in [0.15, 0.2) is 65.6 Å². The zero-order valence-corrected chi connectivity index (χ0v) is 19.3. The monoisotopic (exact) mass is 441 g/mol. The van der Waals surface area contributed by atoms with Gasteiger partial charge in [0.25, 0.3) is 5.91 Å². The Balaban J connectivity index is 1.41. The summed E-state index contributed by atoms with van der Waals surface area (Å²) in [6, 6.07) is 21.1. The highest BCUT2D eigenvalue weighted by atomic mass is 32.2. The number of imidazole rings is 1. The number of benzene rings is 3. The van der Waals surface area contributed by atoms with E-state index in [2.05, 4.69) is 65.4 Å². The van der Waals surface area contributed by atoms with E-state index in [0.29, 0.717) is 6.54 Å². The number of fused-ring (bicyclic) bond motifs is 2. The van der Waals surface area contributed by atoms with Crippen molar-refractivity contribution in [2.45, 2.75) is 38.1 Å². The Kier molecular flexibility index (Phi) is 5.75. The van der Waals surface area contributed by atoms with Crippen LogP contribution in [0.4, 0.5) is 0 Å². The van der Waals surface area contributed by atoms with E-state index in [4.69, 9.17) is 0 Å². The number of nitrogens with one attached hydrogen (secondary N) is 1. The second kappa shape index (κ2) is 8.83. The van der Waals surface area contributed by atoms with E-state index in [-0.39, 0.29) is 5.91 Å². The van der Waals surface area contributed by atoms with Gasteiger partial charge in [0.15, 0.2) is 0 Å². The lowest BCUT2D eigenvalue weighted by atomic mass is 9.97. The van der Waals surface area contributed by atoms with Crippen LogP contribution in [0.2, 0.25) is 0 Å². The first-order chi connectivity index (χ1) is 15.6. The van der Waals surface area contributed by atoms with Crippen LogP contribution in [-0.4, -0.2) is 33.1 Å². The van der Waals surface area contributed by atoms with Gasteiger partial charge in [-0.15, -0.1) is 11.8 Å². The number of aromatic nitrogens is 2. The highest BCUT2D eigenvalue weighted by Crippen LogP contribution is 2.29. The lowest BCUT2D eigenvalue weighted by Gasteiger charge is -2.21. The molecule has 0 spiro atoms. The summed E-state index contributed by atoms with van der Waals surface area (Å²) in [5, 5.41) is 0. The standard InChI is InChI=1S/C27H27N3OS/c1-3-32-24-11-8-20(9-12-24)27(31)30-14-4-5-19-6-7-21(15-23(19)17-30)22-10-13-25-26(16-22)29-18(2)28-25/h6-13,15-16H,3-5,14,17H2,1-2H3,(H,28,29). The maximum absolute atomic E-state index is 13.2. The predicted molar refractivity (Wildman–Crippen MR) is 132 cm³/mol. The third kappa shape index (κ3) is 4.17. The van der Waals surface area contributed by atoms with E-state index in [1.165, 1.54) is 21.6 Å². The van der Waals surface area contributed by atoms with E-state index in [1.807, 2.05) is 24.0 Å². The number of rotatable bonds is 4. The first kappa shape index (κ1) is 20.8. The van der Waals surface area contributed by atoms with Crippen LogP contribution >= 0.6 is 11.8 Å². The van der Waals surface area contributed by atoms with Crippen LogP contribution in [-0.2, 0) is 13.0 Å². The van der Waals surface area contributed by atoms with Gasteiger partial charge in [0, 0.05) is 23.5 Å². The molecular weight excluding hydrogens is 414 g/mol. The zero-order valence-electron chi connectivity index (χ0n) is 18.5. The Labute approximate surface area is 193 Å². The van der Waals surface area contributed by atoms with E-state index >= 15 is 0 Å². The van der Waals surface area contributed by atoms with Gasteiger partial charge in [-0.05, 0) is 90.2 Å². The van der Waals surface area contributed by atoms with Crippen molar-refractivity contribution in [1.29, 1.82) is 0 Å². The average molecular weight is 442 g/mol. The van der Waals surface area contributed by atoms with E-state index in [1.54, 1.807) is 11.8 Å². The highest BCUT2D eigenvalue weighted by molar-refractivity contribution is 7.99. The number of amides is 1. The average Bonchev–Trinajstić information content (AvgIpc) is 3.05. The molecule has 1 amide bonds. The summed E-state index contributed by atoms with van der Waals surface area (Å²) in [7, 11) is 0. The smallest absolute Gasteiger partial charge is 0.254 e. The Morgan fingerprint density at radius 1 is 1.03 bits per heavy atom. The quantitative estimate of drug-likeness (QED) is 0.381.